The van der Waals surface area contributed by atoms with Crippen LogP contribution in [0.3, 0.4) is 0 Å². The van der Waals surface area contributed by atoms with Crippen LogP contribution in [0.1, 0.15) is 49.0 Å². The molecular weight excluding hydrogens is 448 g/mol. The van der Waals surface area contributed by atoms with Crippen LogP contribution in [0.15, 0.2) is 47.4 Å². The van der Waals surface area contributed by atoms with Crippen molar-refractivity contribution in [3.05, 3.63) is 53.6 Å². The van der Waals surface area contributed by atoms with E-state index in [1.165, 1.54) is 0 Å². The quantitative estimate of drug-likeness (QED) is 0.626. The van der Waals surface area contributed by atoms with Crippen molar-refractivity contribution in [1.29, 1.82) is 0 Å². The number of nitrogens with one attached hydrogen (secondary N) is 2. The minimum atomic E-state index is -3.80. The van der Waals surface area contributed by atoms with Crippen molar-refractivity contribution in [1.82, 2.24) is 10.2 Å². The van der Waals surface area contributed by atoms with Gasteiger partial charge in [-0.05, 0) is 61.1 Å². The van der Waals surface area contributed by atoms with E-state index >= 15 is 0 Å². The lowest BCUT2D eigenvalue weighted by molar-refractivity contribution is 0.0683. The van der Waals surface area contributed by atoms with Crippen LogP contribution >= 0.6 is 0 Å². The maximum atomic E-state index is 13.3. The molecule has 0 aliphatic carbocycles. The van der Waals surface area contributed by atoms with Crippen molar-refractivity contribution >= 4 is 27.3 Å². The molecule has 2 aromatic carbocycles. The van der Waals surface area contributed by atoms with Gasteiger partial charge in [-0.3, -0.25) is 9.52 Å². The minimum absolute atomic E-state index is 0.0391. The Balaban J connectivity index is 1.64. The van der Waals surface area contributed by atoms with Crippen molar-refractivity contribution in [2.75, 3.05) is 48.9 Å². The summed E-state index contributed by atoms with van der Waals surface area (Å²) in [6, 6.07) is 12.5. The first-order valence-corrected chi connectivity index (χ1v) is 13.9. The second-order valence-corrected chi connectivity index (χ2v) is 11.1. The van der Waals surface area contributed by atoms with Crippen LogP contribution in [0, 0.1) is 5.92 Å². The standard InChI is InChI=1S/C26H36N4O3S/c1-3-5-21-7-10-23(11-8-21)34(32,33)28-24-18-22(26(31)30-15-4-6-20(2)19-30)9-12-25(24)29-16-13-27-14-17-29/h7-12,18,20,27-28H,3-6,13-17,19H2,1-2H3. The molecule has 1 unspecified atom stereocenters. The average Bonchev–Trinajstić information content (AvgIpc) is 2.84. The zero-order chi connectivity index (χ0) is 24.1. The first kappa shape index (κ1) is 24.5. The van der Waals surface area contributed by atoms with E-state index in [-0.39, 0.29) is 10.8 Å². The maximum absolute atomic E-state index is 13.3. The van der Waals surface area contributed by atoms with E-state index in [9.17, 15) is 13.2 Å². The fourth-order valence-corrected chi connectivity index (χ4v) is 5.88. The fourth-order valence-electron chi connectivity index (χ4n) is 4.82. The Morgan fingerprint density at radius 1 is 1.09 bits per heavy atom. The Bertz CT molecular complexity index is 1100. The lowest BCUT2D eigenvalue weighted by atomic mass is 9.99. The summed E-state index contributed by atoms with van der Waals surface area (Å²) in [5, 5.41) is 3.33. The second kappa shape index (κ2) is 10.8. The van der Waals surface area contributed by atoms with Crippen LogP contribution in [0.4, 0.5) is 11.4 Å². The Morgan fingerprint density at radius 2 is 1.82 bits per heavy atom. The van der Waals surface area contributed by atoms with Crippen LogP contribution in [-0.2, 0) is 16.4 Å². The lowest BCUT2D eigenvalue weighted by Gasteiger charge is -2.33. The molecule has 0 saturated carbocycles. The zero-order valence-electron chi connectivity index (χ0n) is 20.2. The van der Waals surface area contributed by atoms with Gasteiger partial charge >= 0.3 is 0 Å². The molecule has 2 heterocycles. The lowest BCUT2D eigenvalue weighted by Crippen LogP contribution is -2.44. The molecule has 0 radical (unpaired) electrons. The SMILES string of the molecule is CCCc1ccc(S(=O)(=O)Nc2cc(C(=O)N3CCCC(C)C3)ccc2N2CCNCC2)cc1. The van der Waals surface area contributed by atoms with Crippen LogP contribution in [0.2, 0.25) is 0 Å². The number of piperazine rings is 1. The summed E-state index contributed by atoms with van der Waals surface area (Å²) in [6.45, 7) is 8.96. The van der Waals surface area contributed by atoms with Gasteiger partial charge in [0.1, 0.15) is 0 Å². The Kier molecular flexibility index (Phi) is 7.78. The molecule has 2 aliphatic heterocycles. The molecule has 2 aromatic rings. The minimum Gasteiger partial charge on any atom is -0.367 e. The van der Waals surface area contributed by atoms with Gasteiger partial charge < -0.3 is 15.1 Å². The van der Waals surface area contributed by atoms with E-state index in [0.29, 0.717) is 17.2 Å². The van der Waals surface area contributed by atoms with Crippen LogP contribution in [0.5, 0.6) is 0 Å². The molecule has 34 heavy (non-hydrogen) atoms. The summed E-state index contributed by atoms with van der Waals surface area (Å²) < 4.78 is 29.4. The fraction of sp³-hybridized carbons (Fsp3) is 0.500. The van der Waals surface area contributed by atoms with Gasteiger partial charge in [0.05, 0.1) is 16.3 Å². The van der Waals surface area contributed by atoms with Gasteiger partial charge in [0.15, 0.2) is 0 Å². The van der Waals surface area contributed by atoms with Crippen molar-refractivity contribution < 1.29 is 13.2 Å². The smallest absolute Gasteiger partial charge is 0.261 e. The van der Waals surface area contributed by atoms with Gasteiger partial charge in [-0.1, -0.05) is 32.4 Å². The normalized spacial score (nSPS) is 19.2. The zero-order valence-corrected chi connectivity index (χ0v) is 21.0. The molecule has 8 heteroatoms. The first-order chi connectivity index (χ1) is 16.4. The summed E-state index contributed by atoms with van der Waals surface area (Å²) in [7, 11) is -3.80. The number of hydrogen-bond donors (Lipinski definition) is 2. The average molecular weight is 485 g/mol. The Hall–Kier alpha value is -2.58. The highest BCUT2D eigenvalue weighted by atomic mass is 32.2. The summed E-state index contributed by atoms with van der Waals surface area (Å²) >= 11 is 0. The highest BCUT2D eigenvalue weighted by Crippen LogP contribution is 2.31. The van der Waals surface area contributed by atoms with Crippen molar-refractivity contribution in [3.63, 3.8) is 0 Å². The third kappa shape index (κ3) is 5.73. The first-order valence-electron chi connectivity index (χ1n) is 12.4. The van der Waals surface area contributed by atoms with Crippen LogP contribution in [0.25, 0.3) is 0 Å². The van der Waals surface area contributed by atoms with E-state index in [1.807, 2.05) is 29.2 Å². The number of likely N-dealkylation sites (tertiary alicyclic amines) is 1. The molecule has 1 atom stereocenters. The molecule has 184 valence electrons. The van der Waals surface area contributed by atoms with E-state index in [1.54, 1.807) is 18.2 Å². The second-order valence-electron chi connectivity index (χ2n) is 9.47. The summed E-state index contributed by atoms with van der Waals surface area (Å²) in [5.74, 6) is 0.439. The summed E-state index contributed by atoms with van der Waals surface area (Å²) in [6.07, 6.45) is 4.06. The van der Waals surface area contributed by atoms with E-state index in [4.69, 9.17) is 0 Å². The molecule has 0 bridgehead atoms. The van der Waals surface area contributed by atoms with Crippen molar-refractivity contribution in [3.8, 4) is 0 Å². The van der Waals surface area contributed by atoms with Gasteiger partial charge in [0.2, 0.25) is 0 Å². The third-order valence-electron chi connectivity index (χ3n) is 6.66. The molecule has 4 rings (SSSR count). The number of carbonyl (C=O) groups excluding carboxylic acids is 1. The van der Waals surface area contributed by atoms with Gasteiger partial charge in [0.25, 0.3) is 15.9 Å². The number of amides is 1. The number of piperidine rings is 1. The highest BCUT2D eigenvalue weighted by Gasteiger charge is 2.25. The number of carbonyl (C=O) groups is 1. The largest absolute Gasteiger partial charge is 0.367 e. The molecule has 2 fully saturated rings. The molecule has 2 saturated heterocycles. The van der Waals surface area contributed by atoms with Gasteiger partial charge in [-0.25, -0.2) is 8.42 Å². The topological polar surface area (TPSA) is 81.8 Å². The molecule has 0 spiro atoms. The maximum Gasteiger partial charge on any atom is 0.261 e. The Labute approximate surface area is 203 Å². The third-order valence-corrected chi connectivity index (χ3v) is 8.04. The number of nitrogens with zero attached hydrogens (tertiary/aromatic N) is 2. The Morgan fingerprint density at radius 3 is 2.50 bits per heavy atom. The molecular formula is C26H36N4O3S. The monoisotopic (exact) mass is 484 g/mol. The van der Waals surface area contributed by atoms with Crippen molar-refractivity contribution in [2.45, 2.75) is 44.4 Å². The van der Waals surface area contributed by atoms with Gasteiger partial charge in [0, 0.05) is 44.8 Å². The van der Waals surface area contributed by atoms with Gasteiger partial charge in [-0.2, -0.15) is 0 Å². The predicted octanol–water partition coefficient (Wildman–Crippen LogP) is 3.72. The van der Waals surface area contributed by atoms with Crippen LogP contribution < -0.4 is 14.9 Å². The van der Waals surface area contributed by atoms with E-state index < -0.39 is 10.0 Å². The van der Waals surface area contributed by atoms with Crippen molar-refractivity contribution in [2.24, 2.45) is 5.92 Å². The highest BCUT2D eigenvalue weighted by molar-refractivity contribution is 7.92. The van der Waals surface area contributed by atoms with Crippen LogP contribution in [-0.4, -0.2) is 58.5 Å². The summed E-state index contributed by atoms with van der Waals surface area (Å²) in [4.78, 5) is 17.5. The molecule has 2 aliphatic rings. The molecule has 7 nitrogen and oxygen atoms in total. The molecule has 2 N–H and O–H groups in total. The number of aryl methyl sites for hydroxylation is 1. The molecule has 1 amide bonds. The molecule has 0 aromatic heterocycles. The number of sulfonamides is 1. The van der Waals surface area contributed by atoms with Gasteiger partial charge in [-0.15, -0.1) is 0 Å². The van der Waals surface area contributed by atoms with E-state index in [2.05, 4.69) is 28.8 Å². The number of benzene rings is 2. The number of rotatable bonds is 7. The number of hydrogen-bond acceptors (Lipinski definition) is 5. The van der Waals surface area contributed by atoms with E-state index in [0.717, 1.165) is 76.2 Å². The predicted molar refractivity (Wildman–Crippen MR) is 137 cm³/mol. The number of anilines is 2. The summed E-state index contributed by atoms with van der Waals surface area (Å²) in [5.41, 5.74) is 2.89.